The van der Waals surface area contributed by atoms with Gasteiger partial charge in [0.15, 0.2) is 0 Å². The average molecular weight is 198 g/mol. The van der Waals surface area contributed by atoms with Crippen LogP contribution in [0.15, 0.2) is 12.2 Å². The Morgan fingerprint density at radius 3 is 1.93 bits per heavy atom. The summed E-state index contributed by atoms with van der Waals surface area (Å²) in [6, 6.07) is 0. The molecule has 0 aliphatic heterocycles. The predicted octanol–water partition coefficient (Wildman–Crippen LogP) is 5.44. The first kappa shape index (κ1) is 16.2. The van der Waals surface area contributed by atoms with E-state index in [4.69, 9.17) is 0 Å². The van der Waals surface area contributed by atoms with Crippen LogP contribution in [0.2, 0.25) is 0 Å². The normalized spacial score (nSPS) is 13.9. The van der Waals surface area contributed by atoms with Crippen LogP contribution in [0.5, 0.6) is 0 Å². The van der Waals surface area contributed by atoms with Gasteiger partial charge < -0.3 is 0 Å². The monoisotopic (exact) mass is 198 g/mol. The van der Waals surface area contributed by atoms with E-state index in [2.05, 4.69) is 34.3 Å². The van der Waals surface area contributed by atoms with Gasteiger partial charge in [0.1, 0.15) is 0 Å². The number of hydrogen-bond acceptors (Lipinski definition) is 0. The van der Waals surface area contributed by atoms with Crippen LogP contribution < -0.4 is 0 Å². The first-order chi connectivity index (χ1) is 6.61. The van der Waals surface area contributed by atoms with Crippen LogP contribution in [0.25, 0.3) is 0 Å². The molecular formula is C14H30. The van der Waals surface area contributed by atoms with Gasteiger partial charge in [0, 0.05) is 0 Å². The van der Waals surface area contributed by atoms with Crippen LogP contribution in [0, 0.1) is 11.8 Å². The van der Waals surface area contributed by atoms with Gasteiger partial charge in [-0.25, -0.2) is 0 Å². The van der Waals surface area contributed by atoms with Gasteiger partial charge in [-0.2, -0.15) is 0 Å². The third-order valence-electron chi connectivity index (χ3n) is 2.83. The zero-order valence-corrected chi connectivity index (χ0v) is 11.2. The molecule has 14 heavy (non-hydrogen) atoms. The highest BCUT2D eigenvalue weighted by Crippen LogP contribution is 2.23. The van der Waals surface area contributed by atoms with Gasteiger partial charge in [-0.15, -0.1) is 0 Å². The largest absolute Gasteiger partial charge is 0.0999 e. The molecular weight excluding hydrogens is 168 g/mol. The smallest absolute Gasteiger partial charge is 0.0295 e. The molecule has 0 saturated carbocycles. The van der Waals surface area contributed by atoms with Gasteiger partial charge in [0.05, 0.1) is 0 Å². The van der Waals surface area contributed by atoms with Gasteiger partial charge in [0.25, 0.3) is 0 Å². The maximum atomic E-state index is 4.06. The van der Waals surface area contributed by atoms with Crippen LogP contribution in [-0.4, -0.2) is 0 Å². The highest BCUT2D eigenvalue weighted by molar-refractivity contribution is 4.94. The Labute approximate surface area is 91.8 Å². The molecule has 0 aromatic heterocycles. The molecule has 0 amide bonds. The second-order valence-corrected chi connectivity index (χ2v) is 4.05. The van der Waals surface area contributed by atoms with Crippen molar-refractivity contribution in [1.29, 1.82) is 0 Å². The highest BCUT2D eigenvalue weighted by Gasteiger charge is 2.11. The SMILES string of the molecule is C=C(CC)CC(C)C(C)CCC.CC. The van der Waals surface area contributed by atoms with Crippen LogP contribution in [0.1, 0.15) is 67.2 Å². The Morgan fingerprint density at radius 2 is 1.57 bits per heavy atom. The molecule has 0 spiro atoms. The molecule has 0 nitrogen and oxygen atoms in total. The summed E-state index contributed by atoms with van der Waals surface area (Å²) >= 11 is 0. The third-order valence-corrected chi connectivity index (χ3v) is 2.83. The average Bonchev–Trinajstić information content (AvgIpc) is 2.21. The molecule has 86 valence electrons. The first-order valence-corrected chi connectivity index (χ1v) is 6.28. The van der Waals surface area contributed by atoms with E-state index in [1.54, 1.807) is 0 Å². The molecule has 0 rings (SSSR count). The van der Waals surface area contributed by atoms with Crippen molar-refractivity contribution in [3.05, 3.63) is 12.2 Å². The highest BCUT2D eigenvalue weighted by atomic mass is 14.2. The van der Waals surface area contributed by atoms with Crippen LogP contribution in [-0.2, 0) is 0 Å². The topological polar surface area (TPSA) is 0 Å². The molecule has 2 unspecified atom stereocenters. The number of allylic oxidation sites excluding steroid dienone is 1. The van der Waals surface area contributed by atoms with Crippen molar-refractivity contribution < 1.29 is 0 Å². The maximum Gasteiger partial charge on any atom is -0.0295 e. The van der Waals surface area contributed by atoms with Crippen LogP contribution in [0.4, 0.5) is 0 Å². The lowest BCUT2D eigenvalue weighted by molar-refractivity contribution is 0.357. The minimum atomic E-state index is 0.817. The van der Waals surface area contributed by atoms with E-state index >= 15 is 0 Å². The van der Waals surface area contributed by atoms with Gasteiger partial charge in [-0.05, 0) is 24.7 Å². The van der Waals surface area contributed by atoms with E-state index in [1.807, 2.05) is 13.8 Å². The van der Waals surface area contributed by atoms with Crippen molar-refractivity contribution in [2.24, 2.45) is 11.8 Å². The quantitative estimate of drug-likeness (QED) is 0.498. The molecule has 0 aromatic rings. The molecule has 0 radical (unpaired) electrons. The van der Waals surface area contributed by atoms with Crippen molar-refractivity contribution in [2.45, 2.75) is 67.2 Å². The van der Waals surface area contributed by atoms with Gasteiger partial charge in [-0.1, -0.05) is 66.5 Å². The van der Waals surface area contributed by atoms with Crippen molar-refractivity contribution in [3.63, 3.8) is 0 Å². The number of rotatable bonds is 6. The zero-order chi connectivity index (χ0) is 11.6. The summed E-state index contributed by atoms with van der Waals surface area (Å²) in [4.78, 5) is 0. The van der Waals surface area contributed by atoms with E-state index in [0.29, 0.717) is 0 Å². The molecule has 0 saturated heterocycles. The van der Waals surface area contributed by atoms with Crippen molar-refractivity contribution in [3.8, 4) is 0 Å². The summed E-state index contributed by atoms with van der Waals surface area (Å²) in [7, 11) is 0. The maximum absolute atomic E-state index is 4.06. The van der Waals surface area contributed by atoms with Crippen molar-refractivity contribution >= 4 is 0 Å². The molecule has 0 N–H and O–H groups in total. The van der Waals surface area contributed by atoms with Crippen molar-refractivity contribution in [1.82, 2.24) is 0 Å². The minimum Gasteiger partial charge on any atom is -0.0999 e. The molecule has 0 heterocycles. The van der Waals surface area contributed by atoms with Crippen LogP contribution in [0.3, 0.4) is 0 Å². The second kappa shape index (κ2) is 10.8. The van der Waals surface area contributed by atoms with E-state index in [1.165, 1.54) is 24.8 Å². The predicted molar refractivity (Wildman–Crippen MR) is 68.6 cm³/mol. The lowest BCUT2D eigenvalue weighted by Crippen LogP contribution is -2.08. The van der Waals surface area contributed by atoms with Gasteiger partial charge in [-0.3, -0.25) is 0 Å². The molecule has 0 aliphatic rings. The van der Waals surface area contributed by atoms with Crippen molar-refractivity contribution in [2.75, 3.05) is 0 Å². The van der Waals surface area contributed by atoms with E-state index in [0.717, 1.165) is 18.3 Å². The Morgan fingerprint density at radius 1 is 1.07 bits per heavy atom. The molecule has 0 bridgehead atoms. The van der Waals surface area contributed by atoms with E-state index in [9.17, 15) is 0 Å². The Kier molecular flexibility index (Phi) is 12.5. The molecule has 0 aliphatic carbocycles. The van der Waals surface area contributed by atoms with Gasteiger partial charge >= 0.3 is 0 Å². The van der Waals surface area contributed by atoms with Gasteiger partial charge in [0.2, 0.25) is 0 Å². The molecule has 0 aromatic carbocycles. The van der Waals surface area contributed by atoms with E-state index in [-0.39, 0.29) is 0 Å². The Bertz CT molecular complexity index is 124. The second-order valence-electron chi connectivity index (χ2n) is 4.05. The summed E-state index contributed by atoms with van der Waals surface area (Å²) < 4.78 is 0. The first-order valence-electron chi connectivity index (χ1n) is 6.28. The standard InChI is InChI=1S/C12H24.C2H6/c1-6-8-11(4)12(5)9-10(3)7-2;1-2/h11-12H,3,6-9H2,1-2,4-5H3;1-2H3. The third kappa shape index (κ3) is 8.34. The van der Waals surface area contributed by atoms with E-state index < -0.39 is 0 Å². The fourth-order valence-corrected chi connectivity index (χ4v) is 1.54. The molecule has 2 atom stereocenters. The fraction of sp³-hybridized carbons (Fsp3) is 0.857. The number of hydrogen-bond donors (Lipinski definition) is 0. The summed E-state index contributed by atoms with van der Waals surface area (Å²) in [5.41, 5.74) is 1.41. The zero-order valence-electron chi connectivity index (χ0n) is 11.2. The fourth-order valence-electron chi connectivity index (χ4n) is 1.54. The molecule has 0 heteroatoms. The Hall–Kier alpha value is -0.260. The summed E-state index contributed by atoms with van der Waals surface area (Å²) in [5, 5.41) is 0. The van der Waals surface area contributed by atoms with Crippen LogP contribution >= 0.6 is 0 Å². The summed E-state index contributed by atoms with van der Waals surface area (Å²) in [6.07, 6.45) is 5.03. The lowest BCUT2D eigenvalue weighted by Gasteiger charge is -2.19. The Balaban J connectivity index is 0. The minimum absolute atomic E-state index is 0.817. The molecule has 0 fully saturated rings. The lowest BCUT2D eigenvalue weighted by atomic mass is 9.86. The summed E-state index contributed by atoms with van der Waals surface area (Å²) in [5.74, 6) is 1.68. The summed E-state index contributed by atoms with van der Waals surface area (Å²) in [6.45, 7) is 17.2.